The molecule has 94 valence electrons. The molecular weight excluding hydrogens is 254 g/mol. The fourth-order valence-corrected chi connectivity index (χ4v) is 2.96. The van der Waals surface area contributed by atoms with Crippen molar-refractivity contribution >= 4 is 27.9 Å². The van der Waals surface area contributed by atoms with Gasteiger partial charge in [0.2, 0.25) is 0 Å². The fraction of sp³-hybridized carbons (Fsp3) is 0.125. The number of benzene rings is 2. The molecule has 0 atom stereocenters. The molecule has 3 rings (SSSR count). The Morgan fingerprint density at radius 1 is 1.16 bits per heavy atom. The van der Waals surface area contributed by atoms with Crippen LogP contribution in [0.2, 0.25) is 0 Å². The summed E-state index contributed by atoms with van der Waals surface area (Å²) in [6.07, 6.45) is 0.429. The van der Waals surface area contributed by atoms with Gasteiger partial charge in [0.1, 0.15) is 10.8 Å². The molecule has 0 saturated carbocycles. The Bertz CT molecular complexity index is 745. The van der Waals surface area contributed by atoms with Crippen molar-refractivity contribution in [3.05, 3.63) is 52.9 Å². The third-order valence-corrected chi connectivity index (χ3v) is 3.85. The quantitative estimate of drug-likeness (QED) is 0.715. The molecule has 1 aromatic heterocycles. The predicted molar refractivity (Wildman–Crippen MR) is 79.4 cm³/mol. The minimum atomic E-state index is 0.152. The second kappa shape index (κ2) is 4.94. The second-order valence-electron chi connectivity index (χ2n) is 4.57. The lowest BCUT2D eigenvalue weighted by atomic mass is 10.1. The first-order valence-corrected chi connectivity index (χ1v) is 7.03. The largest absolute Gasteiger partial charge is 0.300 e. The van der Waals surface area contributed by atoms with Gasteiger partial charge >= 0.3 is 0 Å². The van der Waals surface area contributed by atoms with Gasteiger partial charge in [-0.2, -0.15) is 0 Å². The van der Waals surface area contributed by atoms with Crippen LogP contribution >= 0.6 is 11.3 Å². The maximum Gasteiger partial charge on any atom is 0.136 e. The molecule has 0 aliphatic rings. The molecule has 3 heteroatoms. The average Bonchev–Trinajstić information content (AvgIpc) is 2.86. The van der Waals surface area contributed by atoms with E-state index in [0.717, 1.165) is 16.3 Å². The van der Waals surface area contributed by atoms with Gasteiger partial charge in [-0.3, -0.25) is 4.79 Å². The molecule has 2 aromatic carbocycles. The van der Waals surface area contributed by atoms with Crippen LogP contribution < -0.4 is 0 Å². The normalized spacial score (nSPS) is 10.8. The van der Waals surface area contributed by atoms with Gasteiger partial charge < -0.3 is 0 Å². The van der Waals surface area contributed by atoms with Gasteiger partial charge in [-0.15, -0.1) is 11.3 Å². The van der Waals surface area contributed by atoms with Crippen molar-refractivity contribution in [3.8, 4) is 11.3 Å². The number of carbonyl (C=O) groups excluding carboxylic acids is 1. The number of Topliss-reactive ketones (excluding diaryl/α,β-unsaturated/α-hetero) is 1. The summed E-state index contributed by atoms with van der Waals surface area (Å²) in [5.41, 5.74) is 2.05. The van der Waals surface area contributed by atoms with E-state index < -0.39 is 0 Å². The third-order valence-electron chi connectivity index (χ3n) is 3.00. The predicted octanol–water partition coefficient (Wildman–Crippen LogP) is 4.09. The molecule has 0 fully saturated rings. The number of rotatable bonds is 3. The van der Waals surface area contributed by atoms with Gasteiger partial charge in [-0.05, 0) is 23.8 Å². The molecule has 19 heavy (non-hydrogen) atoms. The first kappa shape index (κ1) is 12.1. The van der Waals surface area contributed by atoms with Crippen molar-refractivity contribution < 1.29 is 4.79 Å². The van der Waals surface area contributed by atoms with Crippen molar-refractivity contribution in [3.63, 3.8) is 0 Å². The maximum absolute atomic E-state index is 11.1. The Balaban J connectivity index is 1.99. The van der Waals surface area contributed by atoms with Crippen molar-refractivity contribution in [1.29, 1.82) is 0 Å². The summed E-state index contributed by atoms with van der Waals surface area (Å²) in [5.74, 6) is 0.152. The molecule has 0 bridgehead atoms. The van der Waals surface area contributed by atoms with E-state index in [2.05, 4.69) is 35.3 Å². The topological polar surface area (TPSA) is 30.0 Å². The zero-order valence-corrected chi connectivity index (χ0v) is 11.4. The SMILES string of the molecule is CC(=O)Cc1nc(-c2ccc3ccccc3c2)cs1. The molecular formula is C16H13NOS. The molecule has 0 aliphatic heterocycles. The highest BCUT2D eigenvalue weighted by Gasteiger charge is 2.07. The van der Waals surface area contributed by atoms with Gasteiger partial charge in [0.15, 0.2) is 0 Å². The molecule has 0 aliphatic carbocycles. The lowest BCUT2D eigenvalue weighted by molar-refractivity contribution is -0.116. The minimum absolute atomic E-state index is 0.152. The van der Waals surface area contributed by atoms with E-state index in [0.29, 0.717) is 6.42 Å². The lowest BCUT2D eigenvalue weighted by Crippen LogP contribution is -1.95. The smallest absolute Gasteiger partial charge is 0.136 e. The van der Waals surface area contributed by atoms with Gasteiger partial charge in [0, 0.05) is 10.9 Å². The Labute approximate surface area is 115 Å². The number of aromatic nitrogens is 1. The van der Waals surface area contributed by atoms with E-state index >= 15 is 0 Å². The Kier molecular flexibility index (Phi) is 3.13. The molecule has 0 N–H and O–H groups in total. The van der Waals surface area contributed by atoms with Crippen molar-refractivity contribution in [1.82, 2.24) is 4.98 Å². The van der Waals surface area contributed by atoms with E-state index in [1.54, 1.807) is 18.3 Å². The molecule has 3 aromatic rings. The van der Waals surface area contributed by atoms with Crippen molar-refractivity contribution in [2.75, 3.05) is 0 Å². The fourth-order valence-electron chi connectivity index (χ4n) is 2.09. The summed E-state index contributed by atoms with van der Waals surface area (Å²) in [4.78, 5) is 15.6. The summed E-state index contributed by atoms with van der Waals surface area (Å²) in [6.45, 7) is 1.59. The number of hydrogen-bond donors (Lipinski definition) is 0. The molecule has 1 heterocycles. The second-order valence-corrected chi connectivity index (χ2v) is 5.51. The van der Waals surface area contributed by atoms with Crippen LogP contribution in [0.15, 0.2) is 47.8 Å². The summed E-state index contributed by atoms with van der Waals surface area (Å²) in [5, 5.41) is 5.34. The van der Waals surface area contributed by atoms with Crippen molar-refractivity contribution in [2.45, 2.75) is 13.3 Å². The van der Waals surface area contributed by atoms with Crippen LogP contribution in [0.3, 0.4) is 0 Å². The maximum atomic E-state index is 11.1. The number of carbonyl (C=O) groups is 1. The van der Waals surface area contributed by atoms with E-state index in [4.69, 9.17) is 0 Å². The van der Waals surface area contributed by atoms with E-state index in [1.807, 2.05) is 17.5 Å². The molecule has 0 spiro atoms. The van der Waals surface area contributed by atoms with Crippen LogP contribution in [0.5, 0.6) is 0 Å². The highest BCUT2D eigenvalue weighted by molar-refractivity contribution is 7.10. The van der Waals surface area contributed by atoms with Crippen LogP contribution in [0.1, 0.15) is 11.9 Å². The molecule has 0 saturated heterocycles. The number of thiazole rings is 1. The number of fused-ring (bicyclic) bond motifs is 1. The van der Waals surface area contributed by atoms with E-state index in [-0.39, 0.29) is 5.78 Å². The van der Waals surface area contributed by atoms with Crippen LogP contribution in [0, 0.1) is 0 Å². The van der Waals surface area contributed by atoms with E-state index in [1.165, 1.54) is 10.8 Å². The lowest BCUT2D eigenvalue weighted by Gasteiger charge is -2.00. The minimum Gasteiger partial charge on any atom is -0.300 e. The molecule has 0 unspecified atom stereocenters. The van der Waals surface area contributed by atoms with Crippen LogP contribution in [-0.4, -0.2) is 10.8 Å². The highest BCUT2D eigenvalue weighted by atomic mass is 32.1. The van der Waals surface area contributed by atoms with Gasteiger partial charge in [-0.1, -0.05) is 36.4 Å². The van der Waals surface area contributed by atoms with Gasteiger partial charge in [-0.25, -0.2) is 4.98 Å². The summed E-state index contributed by atoms with van der Waals surface area (Å²) in [6, 6.07) is 14.6. The number of nitrogens with zero attached hydrogens (tertiary/aromatic N) is 1. The number of hydrogen-bond acceptors (Lipinski definition) is 3. The summed E-state index contributed by atoms with van der Waals surface area (Å²) < 4.78 is 0. The van der Waals surface area contributed by atoms with Crippen LogP contribution in [-0.2, 0) is 11.2 Å². The first-order valence-electron chi connectivity index (χ1n) is 6.15. The molecule has 0 radical (unpaired) electrons. The van der Waals surface area contributed by atoms with Crippen molar-refractivity contribution in [2.24, 2.45) is 0 Å². The molecule has 2 nitrogen and oxygen atoms in total. The average molecular weight is 267 g/mol. The van der Waals surface area contributed by atoms with Crippen LogP contribution in [0.4, 0.5) is 0 Å². The van der Waals surface area contributed by atoms with Crippen LogP contribution in [0.25, 0.3) is 22.0 Å². The third kappa shape index (κ3) is 2.56. The summed E-state index contributed by atoms with van der Waals surface area (Å²) in [7, 11) is 0. The zero-order chi connectivity index (χ0) is 13.2. The number of ketones is 1. The molecule has 0 amide bonds. The highest BCUT2D eigenvalue weighted by Crippen LogP contribution is 2.26. The first-order chi connectivity index (χ1) is 9.22. The Morgan fingerprint density at radius 3 is 2.74 bits per heavy atom. The Morgan fingerprint density at radius 2 is 1.95 bits per heavy atom. The van der Waals surface area contributed by atoms with E-state index in [9.17, 15) is 4.79 Å². The zero-order valence-electron chi connectivity index (χ0n) is 10.6. The Hall–Kier alpha value is -2.00. The monoisotopic (exact) mass is 267 g/mol. The summed E-state index contributed by atoms with van der Waals surface area (Å²) >= 11 is 1.55. The standard InChI is InChI=1S/C16H13NOS/c1-11(18)8-16-17-15(10-19-16)14-7-6-12-4-2-3-5-13(12)9-14/h2-7,9-10H,8H2,1H3. The van der Waals surface area contributed by atoms with Gasteiger partial charge in [0.25, 0.3) is 0 Å². The van der Waals surface area contributed by atoms with Gasteiger partial charge in [0.05, 0.1) is 12.1 Å².